The molecule has 0 unspecified atom stereocenters. The lowest BCUT2D eigenvalue weighted by Gasteiger charge is -2.32. The average Bonchev–Trinajstić information content (AvgIpc) is 3.45. The Morgan fingerprint density at radius 1 is 1.13 bits per heavy atom. The van der Waals surface area contributed by atoms with Gasteiger partial charge in [-0.15, -0.1) is 0 Å². The highest BCUT2D eigenvalue weighted by atomic mass is 16.7. The van der Waals surface area contributed by atoms with Crippen molar-refractivity contribution in [3.8, 4) is 0 Å². The summed E-state index contributed by atoms with van der Waals surface area (Å²) in [5.74, 6) is 0.0541. The van der Waals surface area contributed by atoms with Crippen molar-refractivity contribution in [2.24, 2.45) is 0 Å². The highest BCUT2D eigenvalue weighted by Gasteiger charge is 2.32. The van der Waals surface area contributed by atoms with E-state index in [0.29, 0.717) is 13.0 Å². The lowest BCUT2D eigenvalue weighted by molar-refractivity contribution is -0.220. The summed E-state index contributed by atoms with van der Waals surface area (Å²) in [5.41, 5.74) is 0.959. The van der Waals surface area contributed by atoms with Gasteiger partial charge in [0.2, 0.25) is 0 Å². The molecule has 2 atom stereocenters. The van der Waals surface area contributed by atoms with E-state index in [1.807, 2.05) is 37.4 Å². The van der Waals surface area contributed by atoms with Gasteiger partial charge in [-0.25, -0.2) is 0 Å². The lowest BCUT2D eigenvalue weighted by atomic mass is 10.1. The summed E-state index contributed by atoms with van der Waals surface area (Å²) in [6, 6.07) is 10.5. The standard InChI is InChI=1S/C18H26N2O3/c1-19(15-8-9-15)11-12-20(2)17(21)16-10-13-22-18(23-16)14-6-4-3-5-7-14/h3-7,15-16,18H,8-13H2,1-2H3/t16-,18+/m0/s1. The van der Waals surface area contributed by atoms with Crippen molar-refractivity contribution in [1.82, 2.24) is 9.80 Å². The van der Waals surface area contributed by atoms with Gasteiger partial charge in [0.05, 0.1) is 6.61 Å². The van der Waals surface area contributed by atoms with Crippen LogP contribution in [0.5, 0.6) is 0 Å². The van der Waals surface area contributed by atoms with Crippen LogP contribution in [0.1, 0.15) is 31.1 Å². The second-order valence-corrected chi connectivity index (χ2v) is 6.50. The molecule has 1 heterocycles. The van der Waals surface area contributed by atoms with Gasteiger partial charge in [0, 0.05) is 38.2 Å². The van der Waals surface area contributed by atoms with Crippen LogP contribution >= 0.6 is 0 Å². The minimum Gasteiger partial charge on any atom is -0.348 e. The summed E-state index contributed by atoms with van der Waals surface area (Å²) in [6.07, 6.45) is 2.34. The molecule has 0 radical (unpaired) electrons. The minimum absolute atomic E-state index is 0.0541. The van der Waals surface area contributed by atoms with Crippen molar-refractivity contribution in [3.63, 3.8) is 0 Å². The first kappa shape index (κ1) is 16.4. The summed E-state index contributed by atoms with van der Waals surface area (Å²) < 4.78 is 11.6. The fourth-order valence-corrected chi connectivity index (χ4v) is 2.87. The highest BCUT2D eigenvalue weighted by Crippen LogP contribution is 2.27. The van der Waals surface area contributed by atoms with Crippen molar-refractivity contribution in [2.75, 3.05) is 33.8 Å². The molecule has 0 aromatic heterocycles. The fourth-order valence-electron chi connectivity index (χ4n) is 2.87. The largest absolute Gasteiger partial charge is 0.348 e. The van der Waals surface area contributed by atoms with E-state index in [0.717, 1.165) is 24.7 Å². The molecule has 5 nitrogen and oxygen atoms in total. The molecule has 23 heavy (non-hydrogen) atoms. The molecule has 1 saturated heterocycles. The molecule has 1 aromatic carbocycles. The van der Waals surface area contributed by atoms with Gasteiger partial charge in [-0.2, -0.15) is 0 Å². The van der Waals surface area contributed by atoms with Crippen molar-refractivity contribution in [2.45, 2.75) is 37.7 Å². The van der Waals surface area contributed by atoms with Crippen LogP contribution in [0.3, 0.4) is 0 Å². The van der Waals surface area contributed by atoms with Crippen LogP contribution in [0.2, 0.25) is 0 Å². The van der Waals surface area contributed by atoms with Crippen molar-refractivity contribution in [1.29, 1.82) is 0 Å². The zero-order valence-corrected chi connectivity index (χ0v) is 14.0. The number of nitrogens with zero attached hydrogens (tertiary/aromatic N) is 2. The van der Waals surface area contributed by atoms with E-state index in [4.69, 9.17) is 9.47 Å². The van der Waals surface area contributed by atoms with Crippen LogP contribution in [-0.2, 0) is 14.3 Å². The Balaban J connectivity index is 1.51. The van der Waals surface area contributed by atoms with Gasteiger partial charge in [-0.1, -0.05) is 30.3 Å². The van der Waals surface area contributed by atoms with E-state index >= 15 is 0 Å². The number of rotatable bonds is 6. The van der Waals surface area contributed by atoms with Gasteiger partial charge in [0.15, 0.2) is 6.29 Å². The van der Waals surface area contributed by atoms with Crippen LogP contribution in [0.15, 0.2) is 30.3 Å². The molecular formula is C18H26N2O3. The van der Waals surface area contributed by atoms with E-state index < -0.39 is 12.4 Å². The third-order valence-electron chi connectivity index (χ3n) is 4.62. The number of amides is 1. The van der Waals surface area contributed by atoms with E-state index in [1.165, 1.54) is 12.8 Å². The summed E-state index contributed by atoms with van der Waals surface area (Å²) in [4.78, 5) is 16.7. The first-order valence-electron chi connectivity index (χ1n) is 8.42. The SMILES string of the molecule is CN(CCN(C)C1CC1)C(=O)[C@@H]1CCO[C@@H](c2ccccc2)O1. The number of carbonyl (C=O) groups excluding carboxylic acids is 1. The minimum atomic E-state index is -0.443. The topological polar surface area (TPSA) is 42.0 Å². The number of ether oxygens (including phenoxy) is 2. The molecule has 2 fully saturated rings. The number of likely N-dealkylation sites (N-methyl/N-ethyl adjacent to an activating group) is 2. The number of carbonyl (C=O) groups is 1. The monoisotopic (exact) mass is 318 g/mol. The van der Waals surface area contributed by atoms with Gasteiger partial charge in [-0.05, 0) is 19.9 Å². The van der Waals surface area contributed by atoms with Crippen LogP contribution in [0.25, 0.3) is 0 Å². The molecule has 126 valence electrons. The maximum absolute atomic E-state index is 12.6. The molecule has 1 amide bonds. The molecular weight excluding hydrogens is 292 g/mol. The summed E-state index contributed by atoms with van der Waals surface area (Å²) in [6.45, 7) is 2.20. The third-order valence-corrected chi connectivity index (χ3v) is 4.62. The highest BCUT2D eigenvalue weighted by molar-refractivity contribution is 5.80. The molecule has 1 aliphatic heterocycles. The number of hydrogen-bond acceptors (Lipinski definition) is 4. The second-order valence-electron chi connectivity index (χ2n) is 6.50. The molecule has 0 N–H and O–H groups in total. The Morgan fingerprint density at radius 3 is 2.57 bits per heavy atom. The maximum Gasteiger partial charge on any atom is 0.251 e. The zero-order chi connectivity index (χ0) is 16.2. The Bertz CT molecular complexity index is 518. The molecule has 3 rings (SSSR count). The summed E-state index contributed by atoms with van der Waals surface area (Å²) in [5, 5.41) is 0. The van der Waals surface area contributed by atoms with Gasteiger partial charge in [-0.3, -0.25) is 4.79 Å². The fraction of sp³-hybridized carbons (Fsp3) is 0.611. The first-order chi connectivity index (χ1) is 11.1. The second kappa shape index (κ2) is 7.43. The molecule has 0 bridgehead atoms. The quantitative estimate of drug-likeness (QED) is 0.805. The van der Waals surface area contributed by atoms with Crippen molar-refractivity contribution in [3.05, 3.63) is 35.9 Å². The van der Waals surface area contributed by atoms with Crippen LogP contribution < -0.4 is 0 Å². The molecule has 2 aliphatic rings. The van der Waals surface area contributed by atoms with Gasteiger partial charge < -0.3 is 19.3 Å². The first-order valence-corrected chi connectivity index (χ1v) is 8.42. The molecule has 1 saturated carbocycles. The van der Waals surface area contributed by atoms with Crippen molar-refractivity contribution >= 4 is 5.91 Å². The summed E-state index contributed by atoms with van der Waals surface area (Å²) >= 11 is 0. The maximum atomic E-state index is 12.6. The van der Waals surface area contributed by atoms with E-state index in [-0.39, 0.29) is 5.91 Å². The predicted octanol–water partition coefficient (Wildman–Crippen LogP) is 2.04. The Hall–Kier alpha value is -1.43. The van der Waals surface area contributed by atoms with E-state index in [2.05, 4.69) is 11.9 Å². The molecule has 1 aliphatic carbocycles. The van der Waals surface area contributed by atoms with Crippen molar-refractivity contribution < 1.29 is 14.3 Å². The smallest absolute Gasteiger partial charge is 0.251 e. The van der Waals surface area contributed by atoms with Gasteiger partial charge in [0.1, 0.15) is 6.10 Å². The van der Waals surface area contributed by atoms with Crippen LogP contribution in [0.4, 0.5) is 0 Å². The molecule has 0 spiro atoms. The van der Waals surface area contributed by atoms with E-state index in [9.17, 15) is 4.79 Å². The Labute approximate surface area is 138 Å². The molecule has 1 aromatic rings. The van der Waals surface area contributed by atoms with Gasteiger partial charge >= 0.3 is 0 Å². The predicted molar refractivity (Wildman–Crippen MR) is 87.9 cm³/mol. The Kier molecular flexibility index (Phi) is 5.30. The van der Waals surface area contributed by atoms with E-state index in [1.54, 1.807) is 4.90 Å². The van der Waals surface area contributed by atoms with Gasteiger partial charge in [0.25, 0.3) is 5.91 Å². The Morgan fingerprint density at radius 2 is 1.87 bits per heavy atom. The average molecular weight is 318 g/mol. The zero-order valence-electron chi connectivity index (χ0n) is 14.0. The number of hydrogen-bond donors (Lipinski definition) is 0. The van der Waals surface area contributed by atoms with Crippen LogP contribution in [0, 0.1) is 0 Å². The third kappa shape index (κ3) is 4.31. The summed E-state index contributed by atoms with van der Waals surface area (Å²) in [7, 11) is 3.99. The number of benzene rings is 1. The normalized spacial score (nSPS) is 24.7. The molecule has 5 heteroatoms. The lowest BCUT2D eigenvalue weighted by Crippen LogP contribution is -2.44. The van der Waals surface area contributed by atoms with Crippen LogP contribution in [-0.4, -0.2) is 61.6 Å².